The Morgan fingerprint density at radius 2 is 2.13 bits per heavy atom. The van der Waals surface area contributed by atoms with Gasteiger partial charge >= 0.3 is 5.97 Å². The molecule has 2 saturated heterocycles. The predicted octanol–water partition coefficient (Wildman–Crippen LogP) is 0.439. The van der Waals surface area contributed by atoms with Crippen molar-refractivity contribution in [3.8, 4) is 0 Å². The van der Waals surface area contributed by atoms with Gasteiger partial charge in [0.05, 0.1) is 12.0 Å². The molecule has 4 atom stereocenters. The number of carbonyl (C=O) groups is 1. The molecule has 86 valence electrons. The second-order valence-corrected chi connectivity index (χ2v) is 4.96. The quantitative estimate of drug-likeness (QED) is 0.653. The molecule has 0 amide bonds. The maximum absolute atomic E-state index is 11.4. The first-order valence-electron chi connectivity index (χ1n) is 5.71. The summed E-state index contributed by atoms with van der Waals surface area (Å²) in [4.78, 5) is 11.4. The normalized spacial score (nSPS) is 39.5. The van der Waals surface area contributed by atoms with Gasteiger partial charge in [-0.05, 0) is 12.8 Å². The molecule has 2 aliphatic heterocycles. The first-order valence-corrected chi connectivity index (χ1v) is 5.71. The van der Waals surface area contributed by atoms with Crippen molar-refractivity contribution in [3.05, 3.63) is 0 Å². The third-order valence-electron chi connectivity index (χ3n) is 3.26. The summed E-state index contributed by atoms with van der Waals surface area (Å²) in [6.07, 6.45) is 2.11. The van der Waals surface area contributed by atoms with Gasteiger partial charge in [0.2, 0.25) is 0 Å². The summed E-state index contributed by atoms with van der Waals surface area (Å²) >= 11 is 0. The van der Waals surface area contributed by atoms with Gasteiger partial charge in [-0.3, -0.25) is 4.79 Å². The molecule has 2 aliphatic rings. The van der Waals surface area contributed by atoms with E-state index in [1.165, 1.54) is 0 Å². The SMILES string of the molecule is CC(C)C(=O)O[C@@H]1C[C@H]2C[C@@H](O)[C@@H](C1)N2. The smallest absolute Gasteiger partial charge is 0.308 e. The highest BCUT2D eigenvalue weighted by molar-refractivity contribution is 5.71. The number of aliphatic hydroxyl groups excluding tert-OH is 1. The summed E-state index contributed by atoms with van der Waals surface area (Å²) in [5.74, 6) is -0.196. The summed E-state index contributed by atoms with van der Waals surface area (Å²) in [6.45, 7) is 3.68. The van der Waals surface area contributed by atoms with Crippen molar-refractivity contribution < 1.29 is 14.6 Å². The van der Waals surface area contributed by atoms with Crippen LogP contribution in [0.5, 0.6) is 0 Å². The third kappa shape index (κ3) is 2.32. The average Bonchev–Trinajstić information content (AvgIpc) is 2.40. The molecule has 0 aromatic carbocycles. The molecule has 0 spiro atoms. The van der Waals surface area contributed by atoms with Gasteiger partial charge in [-0.2, -0.15) is 0 Å². The van der Waals surface area contributed by atoms with Crippen LogP contribution in [-0.2, 0) is 9.53 Å². The highest BCUT2D eigenvalue weighted by Gasteiger charge is 2.40. The molecular weight excluding hydrogens is 194 g/mol. The number of nitrogens with one attached hydrogen (secondary N) is 1. The van der Waals surface area contributed by atoms with Crippen LogP contribution in [0.3, 0.4) is 0 Å². The Kier molecular flexibility index (Phi) is 2.98. The maximum Gasteiger partial charge on any atom is 0.308 e. The molecule has 2 heterocycles. The minimum atomic E-state index is -0.266. The molecule has 0 aromatic heterocycles. The molecule has 2 fully saturated rings. The Morgan fingerprint density at radius 1 is 1.40 bits per heavy atom. The molecule has 4 heteroatoms. The van der Waals surface area contributed by atoms with E-state index in [2.05, 4.69) is 5.32 Å². The highest BCUT2D eigenvalue weighted by atomic mass is 16.5. The number of piperidine rings is 1. The van der Waals surface area contributed by atoms with E-state index in [-0.39, 0.29) is 30.1 Å². The van der Waals surface area contributed by atoms with Crippen molar-refractivity contribution in [2.24, 2.45) is 5.92 Å². The Labute approximate surface area is 90.0 Å². The lowest BCUT2D eigenvalue weighted by Gasteiger charge is -2.29. The van der Waals surface area contributed by atoms with E-state index < -0.39 is 0 Å². The molecule has 2 N–H and O–H groups in total. The van der Waals surface area contributed by atoms with Crippen molar-refractivity contribution in [2.75, 3.05) is 0 Å². The summed E-state index contributed by atoms with van der Waals surface area (Å²) in [6, 6.07) is 0.442. The van der Waals surface area contributed by atoms with Crippen molar-refractivity contribution in [3.63, 3.8) is 0 Å². The van der Waals surface area contributed by atoms with E-state index in [0.717, 1.165) is 19.3 Å². The first-order chi connectivity index (χ1) is 7.06. The lowest BCUT2D eigenvalue weighted by molar-refractivity contribution is -0.154. The monoisotopic (exact) mass is 213 g/mol. The van der Waals surface area contributed by atoms with Crippen LogP contribution < -0.4 is 5.32 Å². The Balaban J connectivity index is 1.88. The average molecular weight is 213 g/mol. The van der Waals surface area contributed by atoms with E-state index >= 15 is 0 Å². The van der Waals surface area contributed by atoms with Gasteiger partial charge in [-0.25, -0.2) is 0 Å². The van der Waals surface area contributed by atoms with Crippen molar-refractivity contribution in [2.45, 2.75) is 57.4 Å². The Morgan fingerprint density at radius 3 is 2.73 bits per heavy atom. The zero-order valence-electron chi connectivity index (χ0n) is 9.27. The van der Waals surface area contributed by atoms with E-state index in [9.17, 15) is 9.90 Å². The zero-order chi connectivity index (χ0) is 11.0. The second-order valence-electron chi connectivity index (χ2n) is 4.96. The van der Waals surface area contributed by atoms with Crippen LogP contribution in [0.15, 0.2) is 0 Å². The van der Waals surface area contributed by atoms with E-state index in [1.54, 1.807) is 0 Å². The van der Waals surface area contributed by atoms with Crippen LogP contribution in [0.1, 0.15) is 33.1 Å². The number of fused-ring (bicyclic) bond motifs is 2. The molecule has 0 aliphatic carbocycles. The zero-order valence-corrected chi connectivity index (χ0v) is 9.27. The molecule has 4 nitrogen and oxygen atoms in total. The number of hydrogen-bond donors (Lipinski definition) is 2. The van der Waals surface area contributed by atoms with Crippen LogP contribution in [0.4, 0.5) is 0 Å². The number of rotatable bonds is 2. The Hall–Kier alpha value is -0.610. The van der Waals surface area contributed by atoms with Crippen molar-refractivity contribution in [1.82, 2.24) is 5.32 Å². The van der Waals surface area contributed by atoms with E-state index in [4.69, 9.17) is 4.74 Å². The summed E-state index contributed by atoms with van der Waals surface area (Å²) < 4.78 is 5.39. The predicted molar refractivity (Wildman–Crippen MR) is 55.3 cm³/mol. The van der Waals surface area contributed by atoms with Crippen LogP contribution >= 0.6 is 0 Å². The molecule has 2 rings (SSSR count). The van der Waals surface area contributed by atoms with Gasteiger partial charge in [0.15, 0.2) is 0 Å². The molecule has 2 bridgehead atoms. The largest absolute Gasteiger partial charge is 0.462 e. The van der Waals surface area contributed by atoms with Gasteiger partial charge < -0.3 is 15.2 Å². The molecular formula is C11H19NO3. The van der Waals surface area contributed by atoms with Gasteiger partial charge in [0, 0.05) is 18.5 Å². The fourth-order valence-electron chi connectivity index (χ4n) is 2.42. The van der Waals surface area contributed by atoms with Gasteiger partial charge in [-0.15, -0.1) is 0 Å². The maximum atomic E-state index is 11.4. The fourth-order valence-corrected chi connectivity index (χ4v) is 2.42. The number of ether oxygens (including phenoxy) is 1. The molecule has 0 unspecified atom stereocenters. The van der Waals surface area contributed by atoms with Crippen molar-refractivity contribution in [1.29, 1.82) is 0 Å². The fraction of sp³-hybridized carbons (Fsp3) is 0.909. The van der Waals surface area contributed by atoms with Gasteiger partial charge in [0.1, 0.15) is 6.10 Å². The lowest BCUT2D eigenvalue weighted by Crippen LogP contribution is -2.44. The number of esters is 1. The number of carbonyl (C=O) groups excluding carboxylic acids is 1. The second kappa shape index (κ2) is 4.10. The standard InChI is InChI=1S/C11H19NO3/c1-6(2)11(14)15-8-3-7-4-10(13)9(5-8)12-7/h6-10,12-13H,3-5H2,1-2H3/t7-,8+,9+,10+/m0/s1. The summed E-state index contributed by atoms with van der Waals surface area (Å²) in [5, 5.41) is 13.0. The molecule has 15 heavy (non-hydrogen) atoms. The van der Waals surface area contributed by atoms with Crippen LogP contribution in [-0.4, -0.2) is 35.4 Å². The highest BCUT2D eigenvalue weighted by Crippen LogP contribution is 2.29. The number of aliphatic hydroxyl groups is 1. The van der Waals surface area contributed by atoms with Gasteiger partial charge in [0.25, 0.3) is 0 Å². The summed E-state index contributed by atoms with van der Waals surface area (Å²) in [5.41, 5.74) is 0. The molecule has 0 aromatic rings. The summed E-state index contributed by atoms with van der Waals surface area (Å²) in [7, 11) is 0. The minimum Gasteiger partial charge on any atom is -0.462 e. The van der Waals surface area contributed by atoms with E-state index in [1.807, 2.05) is 13.8 Å². The topological polar surface area (TPSA) is 58.6 Å². The first kappa shape index (κ1) is 10.9. The minimum absolute atomic E-state index is 0.00620. The van der Waals surface area contributed by atoms with Crippen LogP contribution in [0.25, 0.3) is 0 Å². The van der Waals surface area contributed by atoms with Crippen molar-refractivity contribution >= 4 is 5.97 Å². The van der Waals surface area contributed by atoms with E-state index in [0.29, 0.717) is 6.04 Å². The van der Waals surface area contributed by atoms with Gasteiger partial charge in [-0.1, -0.05) is 13.8 Å². The van der Waals surface area contributed by atoms with Crippen LogP contribution in [0, 0.1) is 5.92 Å². The number of hydrogen-bond acceptors (Lipinski definition) is 4. The Bertz CT molecular complexity index is 252. The molecule has 0 radical (unpaired) electrons. The molecule has 0 saturated carbocycles. The van der Waals surface area contributed by atoms with Crippen LogP contribution in [0.2, 0.25) is 0 Å². The third-order valence-corrected chi connectivity index (χ3v) is 3.26. The lowest BCUT2D eigenvalue weighted by atomic mass is 10.0.